The summed E-state index contributed by atoms with van der Waals surface area (Å²) in [6.45, 7) is 3.80. The number of halogens is 1. The molecule has 0 spiro atoms. The van der Waals surface area contributed by atoms with Gasteiger partial charge in [-0.25, -0.2) is 19.5 Å². The van der Waals surface area contributed by atoms with Crippen LogP contribution in [-0.2, 0) is 4.84 Å². The Bertz CT molecular complexity index is 580. The first-order valence-electron chi connectivity index (χ1n) is 5.73. The van der Waals surface area contributed by atoms with Crippen LogP contribution in [0, 0.1) is 12.7 Å². The average molecular weight is 264 g/mol. The van der Waals surface area contributed by atoms with Crippen molar-refractivity contribution in [1.29, 1.82) is 0 Å². The van der Waals surface area contributed by atoms with Crippen LogP contribution in [0.1, 0.15) is 23.4 Å². The molecule has 0 aliphatic heterocycles. The first-order valence-corrected chi connectivity index (χ1v) is 5.73. The number of aromatic nitrogens is 3. The lowest BCUT2D eigenvalue weighted by atomic mass is 10.3. The van der Waals surface area contributed by atoms with Gasteiger partial charge < -0.3 is 0 Å². The lowest BCUT2D eigenvalue weighted by Crippen LogP contribution is -2.24. The predicted octanol–water partition coefficient (Wildman–Crippen LogP) is 1.40. The van der Waals surface area contributed by atoms with E-state index in [1.165, 1.54) is 16.8 Å². The molecule has 0 radical (unpaired) electrons. The quantitative estimate of drug-likeness (QED) is 0.847. The SMILES string of the molecule is CCONC(=O)c1nc(C)n(-c2ccc(F)cc2)n1. The van der Waals surface area contributed by atoms with Crippen LogP contribution in [0.2, 0.25) is 0 Å². The van der Waals surface area contributed by atoms with Crippen molar-refractivity contribution in [2.75, 3.05) is 6.61 Å². The molecule has 2 aromatic rings. The Balaban J connectivity index is 2.26. The van der Waals surface area contributed by atoms with E-state index in [1.807, 2.05) is 0 Å². The van der Waals surface area contributed by atoms with Crippen LogP contribution in [0.4, 0.5) is 4.39 Å². The van der Waals surface area contributed by atoms with Crippen LogP contribution in [-0.4, -0.2) is 27.3 Å². The van der Waals surface area contributed by atoms with Crippen molar-refractivity contribution in [2.45, 2.75) is 13.8 Å². The van der Waals surface area contributed by atoms with Crippen molar-refractivity contribution in [3.8, 4) is 5.69 Å². The molecule has 2 rings (SSSR count). The summed E-state index contributed by atoms with van der Waals surface area (Å²) in [5.74, 6) is -0.342. The summed E-state index contributed by atoms with van der Waals surface area (Å²) >= 11 is 0. The topological polar surface area (TPSA) is 69.0 Å². The van der Waals surface area contributed by atoms with Crippen molar-refractivity contribution in [3.05, 3.63) is 41.7 Å². The molecule has 0 unspecified atom stereocenters. The van der Waals surface area contributed by atoms with Gasteiger partial charge in [0, 0.05) is 0 Å². The summed E-state index contributed by atoms with van der Waals surface area (Å²) in [6, 6.07) is 5.75. The van der Waals surface area contributed by atoms with Crippen molar-refractivity contribution in [3.63, 3.8) is 0 Å². The highest BCUT2D eigenvalue weighted by molar-refractivity contribution is 5.89. The van der Waals surface area contributed by atoms with Crippen molar-refractivity contribution in [2.24, 2.45) is 0 Å². The second-order valence-corrected chi connectivity index (χ2v) is 3.74. The molecule has 19 heavy (non-hydrogen) atoms. The number of hydroxylamine groups is 1. The van der Waals surface area contributed by atoms with Crippen LogP contribution < -0.4 is 5.48 Å². The summed E-state index contributed by atoms with van der Waals surface area (Å²) in [6.07, 6.45) is 0. The molecule has 1 aromatic carbocycles. The van der Waals surface area contributed by atoms with E-state index in [0.717, 1.165) is 0 Å². The standard InChI is InChI=1S/C12H13FN4O2/c1-3-19-16-12(18)11-14-8(2)17(15-11)10-6-4-9(13)5-7-10/h4-7H,3H2,1-2H3,(H,16,18). The summed E-state index contributed by atoms with van der Waals surface area (Å²) in [7, 11) is 0. The highest BCUT2D eigenvalue weighted by Crippen LogP contribution is 2.10. The minimum absolute atomic E-state index is 0.00437. The fraction of sp³-hybridized carbons (Fsp3) is 0.250. The minimum Gasteiger partial charge on any atom is -0.274 e. The number of rotatable bonds is 4. The summed E-state index contributed by atoms with van der Waals surface area (Å²) in [5.41, 5.74) is 2.84. The highest BCUT2D eigenvalue weighted by atomic mass is 19.1. The molecule has 100 valence electrons. The number of amides is 1. The van der Waals surface area contributed by atoms with Crippen LogP contribution in [0.5, 0.6) is 0 Å². The third-order valence-electron chi connectivity index (χ3n) is 2.35. The fourth-order valence-electron chi connectivity index (χ4n) is 1.50. The van der Waals surface area contributed by atoms with E-state index >= 15 is 0 Å². The smallest absolute Gasteiger partial charge is 0.274 e. The van der Waals surface area contributed by atoms with E-state index in [-0.39, 0.29) is 11.6 Å². The van der Waals surface area contributed by atoms with E-state index in [1.54, 1.807) is 26.0 Å². The van der Waals surface area contributed by atoms with Crippen LogP contribution in [0.3, 0.4) is 0 Å². The molecule has 0 saturated heterocycles. The van der Waals surface area contributed by atoms with Gasteiger partial charge in [0.05, 0.1) is 12.3 Å². The number of nitrogens with one attached hydrogen (secondary N) is 1. The predicted molar refractivity (Wildman–Crippen MR) is 65.1 cm³/mol. The van der Waals surface area contributed by atoms with E-state index in [2.05, 4.69) is 15.6 Å². The lowest BCUT2D eigenvalue weighted by molar-refractivity contribution is 0.0355. The fourth-order valence-corrected chi connectivity index (χ4v) is 1.50. The largest absolute Gasteiger partial charge is 0.314 e. The van der Waals surface area contributed by atoms with Crippen molar-refractivity contribution in [1.82, 2.24) is 20.2 Å². The second-order valence-electron chi connectivity index (χ2n) is 3.74. The third-order valence-corrected chi connectivity index (χ3v) is 2.35. The van der Waals surface area contributed by atoms with Gasteiger partial charge in [-0.15, -0.1) is 5.10 Å². The Labute approximate surface area is 109 Å². The molecule has 0 atom stereocenters. The first kappa shape index (κ1) is 13.2. The van der Waals surface area contributed by atoms with Gasteiger partial charge in [-0.05, 0) is 38.1 Å². The van der Waals surface area contributed by atoms with E-state index in [0.29, 0.717) is 18.1 Å². The van der Waals surface area contributed by atoms with Gasteiger partial charge in [-0.1, -0.05) is 0 Å². The highest BCUT2D eigenvalue weighted by Gasteiger charge is 2.15. The normalized spacial score (nSPS) is 10.5. The third kappa shape index (κ3) is 2.94. The van der Waals surface area contributed by atoms with Gasteiger partial charge in [0.2, 0.25) is 5.82 Å². The lowest BCUT2D eigenvalue weighted by Gasteiger charge is -2.02. The summed E-state index contributed by atoms with van der Waals surface area (Å²) in [5, 5.41) is 4.05. The molecule has 6 nitrogen and oxygen atoms in total. The van der Waals surface area contributed by atoms with Crippen LogP contribution in [0.15, 0.2) is 24.3 Å². The number of hydrogen-bond acceptors (Lipinski definition) is 4. The summed E-state index contributed by atoms with van der Waals surface area (Å²) in [4.78, 5) is 20.4. The summed E-state index contributed by atoms with van der Waals surface area (Å²) < 4.78 is 14.3. The maximum atomic E-state index is 12.8. The number of nitrogens with zero attached hydrogens (tertiary/aromatic N) is 3. The maximum Gasteiger partial charge on any atom is 0.314 e. The Morgan fingerprint density at radius 1 is 1.42 bits per heavy atom. The molecular weight excluding hydrogens is 251 g/mol. The molecule has 1 amide bonds. The zero-order valence-corrected chi connectivity index (χ0v) is 10.6. The van der Waals surface area contributed by atoms with Crippen molar-refractivity contribution < 1.29 is 14.0 Å². The monoisotopic (exact) mass is 264 g/mol. The average Bonchev–Trinajstić information content (AvgIpc) is 2.79. The van der Waals surface area contributed by atoms with Gasteiger partial charge in [-0.3, -0.25) is 9.63 Å². The maximum absolute atomic E-state index is 12.8. The van der Waals surface area contributed by atoms with E-state index < -0.39 is 5.91 Å². The van der Waals surface area contributed by atoms with Crippen LogP contribution >= 0.6 is 0 Å². The Hall–Kier alpha value is -2.28. The van der Waals surface area contributed by atoms with E-state index in [9.17, 15) is 9.18 Å². The molecule has 0 saturated carbocycles. The molecule has 0 aliphatic carbocycles. The Morgan fingerprint density at radius 3 is 2.74 bits per heavy atom. The molecule has 0 bridgehead atoms. The molecule has 0 aliphatic rings. The zero-order chi connectivity index (χ0) is 13.8. The number of benzene rings is 1. The van der Waals surface area contributed by atoms with Crippen molar-refractivity contribution >= 4 is 5.91 Å². The van der Waals surface area contributed by atoms with Crippen LogP contribution in [0.25, 0.3) is 5.69 Å². The minimum atomic E-state index is -0.522. The molecule has 1 aromatic heterocycles. The van der Waals surface area contributed by atoms with Gasteiger partial charge in [0.25, 0.3) is 0 Å². The number of aryl methyl sites for hydroxylation is 1. The molecule has 0 fully saturated rings. The van der Waals surface area contributed by atoms with Gasteiger partial charge in [0.1, 0.15) is 11.6 Å². The first-order chi connectivity index (χ1) is 9.11. The zero-order valence-electron chi connectivity index (χ0n) is 10.6. The number of carbonyl (C=O) groups excluding carboxylic acids is 1. The number of carbonyl (C=O) groups is 1. The van der Waals surface area contributed by atoms with Gasteiger partial charge >= 0.3 is 5.91 Å². The Kier molecular flexibility index (Phi) is 3.86. The molecule has 1 N–H and O–H groups in total. The van der Waals surface area contributed by atoms with Gasteiger partial charge in [-0.2, -0.15) is 0 Å². The van der Waals surface area contributed by atoms with Gasteiger partial charge in [0.15, 0.2) is 0 Å². The number of hydrogen-bond donors (Lipinski definition) is 1. The second kappa shape index (κ2) is 5.57. The molecule has 7 heteroatoms. The van der Waals surface area contributed by atoms with E-state index in [4.69, 9.17) is 4.84 Å². The Morgan fingerprint density at radius 2 is 2.11 bits per heavy atom. The molecule has 1 heterocycles. The molecular formula is C12H13FN4O2.